The Hall–Kier alpha value is -1.56. The van der Waals surface area contributed by atoms with Gasteiger partial charge in [-0.25, -0.2) is 4.98 Å². The van der Waals surface area contributed by atoms with E-state index >= 15 is 0 Å². The summed E-state index contributed by atoms with van der Waals surface area (Å²) in [5.74, 6) is -3.38. The Kier molecular flexibility index (Phi) is 3.54. The first-order valence-electron chi connectivity index (χ1n) is 5.36. The van der Waals surface area contributed by atoms with Crippen molar-refractivity contribution in [2.24, 2.45) is 5.73 Å². The molecule has 1 aliphatic rings. The molecule has 1 fully saturated rings. The van der Waals surface area contributed by atoms with Crippen LogP contribution >= 0.6 is 0 Å². The number of aromatic amines is 1. The second kappa shape index (κ2) is 4.85. The summed E-state index contributed by atoms with van der Waals surface area (Å²) < 4.78 is 4.82. The number of carbonyl (C=O) groups excluding carboxylic acids is 1. The molecule has 1 unspecified atom stereocenters. The molecule has 10 heteroatoms. The maximum absolute atomic E-state index is 11.7. The van der Waals surface area contributed by atoms with Crippen LogP contribution < -0.4 is 11.1 Å². The van der Waals surface area contributed by atoms with Crippen LogP contribution in [0.2, 0.25) is 0 Å². The fraction of sp³-hybridized carbons (Fsp3) is 0.556. The van der Waals surface area contributed by atoms with E-state index in [1.54, 1.807) is 0 Å². The molecule has 1 aliphatic heterocycles. The molecule has 19 heavy (non-hydrogen) atoms. The van der Waals surface area contributed by atoms with E-state index in [0.717, 1.165) is 0 Å². The number of nitrogens with zero attached hydrogens (tertiary/aromatic N) is 1. The summed E-state index contributed by atoms with van der Waals surface area (Å²) in [6.45, 7) is 0. The number of hydrogen-bond acceptors (Lipinski definition) is 8. The van der Waals surface area contributed by atoms with Gasteiger partial charge in [-0.05, 0) is 0 Å². The lowest BCUT2D eigenvalue weighted by atomic mass is 10.1. The molecular weight excluding hydrogens is 260 g/mol. The smallest absolute Gasteiger partial charge is 0.279 e. The largest absolute Gasteiger partial charge is 0.387 e. The third-order valence-electron chi connectivity index (χ3n) is 2.75. The van der Waals surface area contributed by atoms with Gasteiger partial charge in [0.05, 0.1) is 12.5 Å². The lowest BCUT2D eigenvalue weighted by molar-refractivity contribution is -0.247. The van der Waals surface area contributed by atoms with Gasteiger partial charge in [0.15, 0.2) is 6.10 Å². The third-order valence-corrected chi connectivity index (χ3v) is 2.75. The van der Waals surface area contributed by atoms with Gasteiger partial charge in [0.25, 0.3) is 11.8 Å². The highest BCUT2D eigenvalue weighted by molar-refractivity contribution is 5.92. The number of aromatic nitrogens is 2. The van der Waals surface area contributed by atoms with Crippen LogP contribution in [0, 0.1) is 0 Å². The van der Waals surface area contributed by atoms with E-state index in [-0.39, 0.29) is 5.69 Å². The highest BCUT2D eigenvalue weighted by atomic mass is 16.7. The van der Waals surface area contributed by atoms with Gasteiger partial charge >= 0.3 is 0 Å². The van der Waals surface area contributed by atoms with Gasteiger partial charge in [-0.3, -0.25) is 10.1 Å². The Morgan fingerprint density at radius 3 is 2.79 bits per heavy atom. The maximum Gasteiger partial charge on any atom is 0.279 e. The average molecular weight is 274 g/mol. The van der Waals surface area contributed by atoms with Crippen LogP contribution in [0.25, 0.3) is 0 Å². The monoisotopic (exact) mass is 274 g/mol. The van der Waals surface area contributed by atoms with Crippen LogP contribution in [0.3, 0.4) is 0 Å². The normalized spacial score (nSPS) is 36.2. The Labute approximate surface area is 106 Å². The molecule has 106 valence electrons. The molecule has 0 aliphatic carbocycles. The minimum absolute atomic E-state index is 0.00969. The summed E-state index contributed by atoms with van der Waals surface area (Å²) in [6.07, 6.45) is -4.18. The Morgan fingerprint density at radius 1 is 1.63 bits per heavy atom. The van der Waals surface area contributed by atoms with E-state index in [1.807, 2.05) is 5.32 Å². The fourth-order valence-electron chi connectivity index (χ4n) is 1.74. The number of carbonyl (C=O) groups is 1. The average Bonchev–Trinajstić information content (AvgIpc) is 2.93. The number of nitrogens with one attached hydrogen (secondary N) is 2. The van der Waals surface area contributed by atoms with Crippen LogP contribution in [-0.4, -0.2) is 66.8 Å². The van der Waals surface area contributed by atoms with E-state index in [4.69, 9.17) is 15.6 Å². The van der Waals surface area contributed by atoms with Crippen LogP contribution in [0.5, 0.6) is 0 Å². The molecule has 0 bridgehead atoms. The Balaban J connectivity index is 2.13. The van der Waals surface area contributed by atoms with Gasteiger partial charge in [0.2, 0.25) is 0 Å². The Bertz CT molecular complexity index is 452. The molecular formula is C9H14N4O6. The molecule has 8 N–H and O–H groups in total. The highest BCUT2D eigenvalue weighted by Crippen LogP contribution is 2.28. The lowest BCUT2D eigenvalue weighted by Gasteiger charge is -2.26. The Morgan fingerprint density at radius 2 is 2.32 bits per heavy atom. The number of imidazole rings is 1. The number of amides is 1. The van der Waals surface area contributed by atoms with Gasteiger partial charge in [-0.1, -0.05) is 0 Å². The van der Waals surface area contributed by atoms with Crippen molar-refractivity contribution >= 4 is 5.91 Å². The van der Waals surface area contributed by atoms with E-state index in [2.05, 4.69) is 9.97 Å². The zero-order valence-corrected chi connectivity index (χ0v) is 9.59. The SMILES string of the molecule is NC(O)[C@H]1O[C@@](O)(NC(=O)c2cnc[nH]2)[C@H](O)[C@@H]1O. The van der Waals surface area contributed by atoms with Crippen LogP contribution in [0.1, 0.15) is 10.5 Å². The number of nitrogens with two attached hydrogens (primary N) is 1. The predicted octanol–water partition coefficient (Wildman–Crippen LogP) is -3.82. The quantitative estimate of drug-likeness (QED) is 0.274. The number of ether oxygens (including phenoxy) is 1. The molecule has 2 heterocycles. The molecule has 2 rings (SSSR count). The molecule has 1 aromatic rings. The summed E-state index contributed by atoms with van der Waals surface area (Å²) in [5, 5.41) is 40.3. The summed E-state index contributed by atoms with van der Waals surface area (Å²) >= 11 is 0. The van der Waals surface area contributed by atoms with Crippen LogP contribution in [0.15, 0.2) is 12.5 Å². The van der Waals surface area contributed by atoms with Gasteiger partial charge < -0.3 is 35.9 Å². The van der Waals surface area contributed by atoms with Gasteiger partial charge in [0, 0.05) is 0 Å². The van der Waals surface area contributed by atoms with Crippen LogP contribution in [0.4, 0.5) is 0 Å². The van der Waals surface area contributed by atoms with Crippen molar-refractivity contribution in [2.75, 3.05) is 0 Å². The second-order valence-corrected chi connectivity index (χ2v) is 4.12. The minimum Gasteiger partial charge on any atom is -0.387 e. The van der Waals surface area contributed by atoms with Crippen molar-refractivity contribution in [3.8, 4) is 0 Å². The number of hydrogen-bond donors (Lipinski definition) is 7. The lowest BCUT2D eigenvalue weighted by Crippen LogP contribution is -2.56. The number of aliphatic hydroxyl groups excluding tert-OH is 3. The predicted molar refractivity (Wildman–Crippen MR) is 58.1 cm³/mol. The first-order chi connectivity index (χ1) is 8.85. The molecule has 5 atom stereocenters. The van der Waals surface area contributed by atoms with Gasteiger partial charge in [-0.2, -0.15) is 0 Å². The summed E-state index contributed by atoms with van der Waals surface area (Å²) in [6, 6.07) is 0. The van der Waals surface area contributed by atoms with Crippen molar-refractivity contribution in [3.63, 3.8) is 0 Å². The third kappa shape index (κ3) is 2.45. The number of aliphatic hydroxyl groups is 4. The molecule has 0 saturated carbocycles. The molecule has 0 spiro atoms. The molecule has 0 radical (unpaired) electrons. The van der Waals surface area contributed by atoms with Crippen molar-refractivity contribution in [3.05, 3.63) is 18.2 Å². The molecule has 1 amide bonds. The molecule has 10 nitrogen and oxygen atoms in total. The minimum atomic E-state index is -2.56. The maximum atomic E-state index is 11.7. The van der Waals surface area contributed by atoms with E-state index in [1.165, 1.54) is 12.5 Å². The van der Waals surface area contributed by atoms with Gasteiger partial charge in [-0.15, -0.1) is 0 Å². The van der Waals surface area contributed by atoms with E-state index < -0.39 is 36.4 Å². The van der Waals surface area contributed by atoms with Gasteiger partial charge in [0.1, 0.15) is 24.1 Å². The van der Waals surface area contributed by atoms with Crippen molar-refractivity contribution < 1.29 is 30.0 Å². The van der Waals surface area contributed by atoms with E-state index in [0.29, 0.717) is 0 Å². The highest BCUT2D eigenvalue weighted by Gasteiger charge is 2.56. The zero-order chi connectivity index (χ0) is 14.2. The zero-order valence-electron chi connectivity index (χ0n) is 9.59. The topological polar surface area (TPSA) is 174 Å². The standard InChI is InChI=1S/C9H14N4O6/c10-7(16)5-4(14)6(15)9(18,19-5)13-8(17)3-1-11-2-12-3/h1-2,4-7,14-16,18H,10H2,(H,11,12)(H,13,17)/t4-,5+,6-,7?,9-/m1/s1. The second-order valence-electron chi connectivity index (χ2n) is 4.12. The molecule has 1 aromatic heterocycles. The first kappa shape index (κ1) is 13.9. The van der Waals surface area contributed by atoms with Crippen molar-refractivity contribution in [2.45, 2.75) is 30.5 Å². The number of rotatable bonds is 3. The fourth-order valence-corrected chi connectivity index (χ4v) is 1.74. The summed E-state index contributed by atoms with van der Waals surface area (Å²) in [4.78, 5) is 17.8. The molecule has 0 aromatic carbocycles. The summed E-state index contributed by atoms with van der Waals surface area (Å²) in [5.41, 5.74) is 5.13. The van der Waals surface area contributed by atoms with Crippen molar-refractivity contribution in [1.82, 2.24) is 15.3 Å². The summed E-state index contributed by atoms with van der Waals surface area (Å²) in [7, 11) is 0. The van der Waals surface area contributed by atoms with Crippen molar-refractivity contribution in [1.29, 1.82) is 0 Å². The van der Waals surface area contributed by atoms with Crippen LogP contribution in [-0.2, 0) is 4.74 Å². The first-order valence-corrected chi connectivity index (χ1v) is 5.36. The molecule has 1 saturated heterocycles. The van der Waals surface area contributed by atoms with E-state index in [9.17, 15) is 20.1 Å². The number of H-pyrrole nitrogens is 1.